The van der Waals surface area contributed by atoms with E-state index in [1.165, 1.54) is 46.3 Å². The maximum absolute atomic E-state index is 15.7. The molecule has 1 aliphatic heterocycles. The van der Waals surface area contributed by atoms with Crippen LogP contribution in [0.5, 0.6) is 5.75 Å². The third kappa shape index (κ3) is 4.61. The lowest BCUT2D eigenvalue weighted by Gasteiger charge is -2.40. The van der Waals surface area contributed by atoms with Crippen molar-refractivity contribution in [2.24, 2.45) is 0 Å². The molecule has 0 aliphatic carbocycles. The molecule has 0 bridgehead atoms. The zero-order valence-corrected chi connectivity index (χ0v) is 19.1. The van der Waals surface area contributed by atoms with Crippen LogP contribution in [0.25, 0.3) is 17.0 Å². The van der Waals surface area contributed by atoms with E-state index < -0.39 is 23.5 Å². The van der Waals surface area contributed by atoms with E-state index in [0.29, 0.717) is 29.8 Å². The van der Waals surface area contributed by atoms with Crippen LogP contribution in [0.1, 0.15) is 42.1 Å². The lowest BCUT2D eigenvalue weighted by molar-refractivity contribution is -0.134. The summed E-state index contributed by atoms with van der Waals surface area (Å²) in [5.74, 6) is -0.711. The van der Waals surface area contributed by atoms with Gasteiger partial charge in [-0.15, -0.1) is 0 Å². The van der Waals surface area contributed by atoms with Gasteiger partial charge in [0.25, 0.3) is 0 Å². The fraction of sp³-hybridized carbons (Fsp3) is 0.360. The normalized spacial score (nSPS) is 16.8. The molecule has 0 radical (unpaired) electrons. The molecule has 1 N–H and O–H groups in total. The minimum atomic E-state index is -1.47. The Labute approximate surface area is 191 Å². The number of carbonyl (C=O) groups excluding carboxylic acids is 1. The predicted octanol–water partition coefficient (Wildman–Crippen LogP) is 4.59. The van der Waals surface area contributed by atoms with Gasteiger partial charge in [-0.05, 0) is 61.2 Å². The molecule has 0 spiro atoms. The number of carbonyl (C=O) groups is 1. The van der Waals surface area contributed by atoms with Gasteiger partial charge in [-0.2, -0.15) is 5.10 Å². The number of nitrogens with one attached hydrogen (secondary N) is 1. The summed E-state index contributed by atoms with van der Waals surface area (Å²) in [6.07, 6.45) is 5.15. The first-order valence-corrected chi connectivity index (χ1v) is 10.7. The number of nitrogens with zero attached hydrogens (tertiary/aromatic N) is 2. The molecule has 0 saturated carbocycles. The van der Waals surface area contributed by atoms with Crippen molar-refractivity contribution in [1.29, 1.82) is 0 Å². The standard InChI is InChI=1S/C25H27F2N3O3/c1-25(2,27)14-30-10-9-16-17(6-7-20-18(16)13-28-29-20)24(30)23-19(26)11-15(12-21(23)32-3)5-8-22(31)33-4/h5-8,11-13,24H,9-10,14H2,1-4H3,(H,28,29)/b8-5+. The molecule has 1 aromatic heterocycles. The van der Waals surface area contributed by atoms with Crippen LogP contribution in [-0.2, 0) is 16.0 Å². The Hall–Kier alpha value is -3.26. The van der Waals surface area contributed by atoms with Crippen molar-refractivity contribution in [3.8, 4) is 5.75 Å². The van der Waals surface area contributed by atoms with Gasteiger partial charge in [0.15, 0.2) is 0 Å². The van der Waals surface area contributed by atoms with Crippen LogP contribution >= 0.6 is 0 Å². The maximum atomic E-state index is 15.7. The van der Waals surface area contributed by atoms with Gasteiger partial charge >= 0.3 is 5.97 Å². The van der Waals surface area contributed by atoms with Crippen LogP contribution in [0.3, 0.4) is 0 Å². The zero-order valence-electron chi connectivity index (χ0n) is 19.1. The Balaban J connectivity index is 1.88. The molecule has 0 saturated heterocycles. The molecule has 174 valence electrons. The van der Waals surface area contributed by atoms with E-state index in [-0.39, 0.29) is 6.54 Å². The number of halogens is 2. The van der Waals surface area contributed by atoms with E-state index in [4.69, 9.17) is 4.74 Å². The van der Waals surface area contributed by atoms with Crippen LogP contribution in [0.15, 0.2) is 36.5 Å². The van der Waals surface area contributed by atoms with Crippen LogP contribution in [0.4, 0.5) is 8.78 Å². The molecule has 1 atom stereocenters. The fourth-order valence-electron chi connectivity index (χ4n) is 4.58. The quantitative estimate of drug-likeness (QED) is 0.435. The average molecular weight is 456 g/mol. The first kappa shape index (κ1) is 22.9. The molecule has 2 aromatic carbocycles. The summed E-state index contributed by atoms with van der Waals surface area (Å²) in [7, 11) is 2.74. The van der Waals surface area contributed by atoms with Crippen molar-refractivity contribution in [3.05, 3.63) is 64.6 Å². The number of hydrogen-bond donors (Lipinski definition) is 1. The molecule has 8 heteroatoms. The SMILES string of the molecule is COC(=O)/C=C/c1cc(F)c(C2c3ccc4[nH]ncc4c3CCN2CC(C)(C)F)c(OC)c1. The van der Waals surface area contributed by atoms with E-state index >= 15 is 4.39 Å². The number of esters is 1. The van der Waals surface area contributed by atoms with E-state index in [1.807, 2.05) is 17.0 Å². The molecular weight excluding hydrogens is 428 g/mol. The number of benzene rings is 2. The Morgan fingerprint density at radius 2 is 2.12 bits per heavy atom. The summed E-state index contributed by atoms with van der Waals surface area (Å²) in [5, 5.41) is 8.10. The number of methoxy groups -OCH3 is 2. The summed E-state index contributed by atoms with van der Waals surface area (Å²) in [6, 6.07) is 6.33. The number of ether oxygens (including phenoxy) is 2. The van der Waals surface area contributed by atoms with E-state index in [0.717, 1.165) is 22.0 Å². The highest BCUT2D eigenvalue weighted by atomic mass is 19.1. The lowest BCUT2D eigenvalue weighted by atomic mass is 9.85. The van der Waals surface area contributed by atoms with E-state index in [2.05, 4.69) is 14.9 Å². The Kier molecular flexibility index (Phi) is 6.21. The predicted molar refractivity (Wildman–Crippen MR) is 122 cm³/mol. The number of H-pyrrole nitrogens is 1. The second-order valence-electron chi connectivity index (χ2n) is 8.78. The van der Waals surface area contributed by atoms with Gasteiger partial charge in [-0.25, -0.2) is 13.6 Å². The molecule has 1 unspecified atom stereocenters. The smallest absolute Gasteiger partial charge is 0.330 e. The fourth-order valence-corrected chi connectivity index (χ4v) is 4.58. The Bertz CT molecular complexity index is 1210. The molecule has 0 amide bonds. The number of aromatic amines is 1. The summed E-state index contributed by atoms with van der Waals surface area (Å²) in [4.78, 5) is 13.4. The third-order valence-corrected chi connectivity index (χ3v) is 5.88. The van der Waals surface area contributed by atoms with Crippen molar-refractivity contribution in [2.45, 2.75) is 32.0 Å². The van der Waals surface area contributed by atoms with Crippen molar-refractivity contribution in [1.82, 2.24) is 15.1 Å². The highest BCUT2D eigenvalue weighted by Crippen LogP contribution is 2.43. The molecule has 3 aromatic rings. The maximum Gasteiger partial charge on any atom is 0.330 e. The summed E-state index contributed by atoms with van der Waals surface area (Å²) < 4.78 is 40.6. The zero-order chi connectivity index (χ0) is 23.8. The average Bonchev–Trinajstić information content (AvgIpc) is 3.25. The van der Waals surface area contributed by atoms with Gasteiger partial charge in [-0.3, -0.25) is 10.00 Å². The van der Waals surface area contributed by atoms with E-state index in [9.17, 15) is 9.18 Å². The van der Waals surface area contributed by atoms with Crippen LogP contribution < -0.4 is 4.74 Å². The first-order valence-electron chi connectivity index (χ1n) is 10.7. The van der Waals surface area contributed by atoms with Gasteiger partial charge < -0.3 is 9.47 Å². The number of aromatic nitrogens is 2. The Morgan fingerprint density at radius 3 is 2.82 bits per heavy atom. The number of alkyl halides is 1. The summed E-state index contributed by atoms with van der Waals surface area (Å²) in [5.41, 5.74) is 2.19. The number of hydrogen-bond acceptors (Lipinski definition) is 5. The first-order chi connectivity index (χ1) is 15.7. The topological polar surface area (TPSA) is 67.5 Å². The summed E-state index contributed by atoms with van der Waals surface area (Å²) in [6.45, 7) is 3.73. The molecular formula is C25H27F2N3O3. The third-order valence-electron chi connectivity index (χ3n) is 5.88. The van der Waals surface area contributed by atoms with Gasteiger partial charge in [-0.1, -0.05) is 6.07 Å². The van der Waals surface area contributed by atoms with Crippen molar-refractivity contribution >= 4 is 22.9 Å². The van der Waals surface area contributed by atoms with Crippen molar-refractivity contribution in [3.63, 3.8) is 0 Å². The lowest BCUT2D eigenvalue weighted by Crippen LogP contribution is -2.43. The van der Waals surface area contributed by atoms with Gasteiger partial charge in [0.1, 0.15) is 17.2 Å². The summed E-state index contributed by atoms with van der Waals surface area (Å²) >= 11 is 0. The minimum Gasteiger partial charge on any atom is -0.496 e. The van der Waals surface area contributed by atoms with Crippen molar-refractivity contribution < 1.29 is 23.0 Å². The van der Waals surface area contributed by atoms with Crippen LogP contribution in [-0.4, -0.2) is 54.0 Å². The minimum absolute atomic E-state index is 0.132. The monoisotopic (exact) mass is 455 g/mol. The van der Waals surface area contributed by atoms with Crippen molar-refractivity contribution in [2.75, 3.05) is 27.3 Å². The van der Waals surface area contributed by atoms with Crippen LogP contribution in [0, 0.1) is 5.82 Å². The molecule has 33 heavy (non-hydrogen) atoms. The van der Waals surface area contributed by atoms with E-state index in [1.54, 1.807) is 12.3 Å². The number of rotatable bonds is 6. The molecule has 4 rings (SSSR count). The molecule has 2 heterocycles. The van der Waals surface area contributed by atoms with Crippen LogP contribution in [0.2, 0.25) is 0 Å². The highest BCUT2D eigenvalue weighted by molar-refractivity contribution is 5.87. The molecule has 0 fully saturated rings. The Morgan fingerprint density at radius 1 is 1.33 bits per heavy atom. The highest BCUT2D eigenvalue weighted by Gasteiger charge is 2.36. The largest absolute Gasteiger partial charge is 0.496 e. The van der Waals surface area contributed by atoms with Gasteiger partial charge in [0.05, 0.1) is 37.5 Å². The molecule has 6 nitrogen and oxygen atoms in total. The number of fused-ring (bicyclic) bond motifs is 3. The molecule has 1 aliphatic rings. The second kappa shape index (κ2) is 8.94. The van der Waals surface area contributed by atoms with Gasteiger partial charge in [0, 0.05) is 24.6 Å². The van der Waals surface area contributed by atoms with Gasteiger partial charge in [0.2, 0.25) is 0 Å². The second-order valence-corrected chi connectivity index (χ2v) is 8.78.